The lowest BCUT2D eigenvalue weighted by molar-refractivity contribution is -0.137. The van der Waals surface area contributed by atoms with Gasteiger partial charge in [0.05, 0.1) is 6.20 Å². The highest BCUT2D eigenvalue weighted by Crippen LogP contribution is 1.96. The van der Waals surface area contributed by atoms with E-state index in [-0.39, 0.29) is 12.5 Å². The smallest absolute Gasteiger partial charge is 0.314 e. The number of hydrogen-bond acceptors (Lipinski definition) is 3. The topological polar surface area (TPSA) is 96.2 Å². The average molecular weight is 268 g/mol. The Kier molecular flexibility index (Phi) is 6.42. The van der Waals surface area contributed by atoms with Crippen molar-refractivity contribution in [1.29, 1.82) is 0 Å². The maximum atomic E-state index is 11.4. The average Bonchev–Trinajstić information content (AvgIpc) is 2.74. The third-order valence-electron chi connectivity index (χ3n) is 2.56. The Morgan fingerprint density at radius 3 is 2.68 bits per heavy atom. The molecule has 3 N–H and O–H groups in total. The fraction of sp³-hybridized carbons (Fsp3) is 0.583. The van der Waals surface area contributed by atoms with Crippen LogP contribution in [0.2, 0.25) is 0 Å². The molecule has 0 aliphatic carbocycles. The normalized spacial score (nSPS) is 10.2. The highest BCUT2D eigenvalue weighted by Gasteiger charge is 2.01. The van der Waals surface area contributed by atoms with Crippen LogP contribution in [0.15, 0.2) is 12.4 Å². The highest BCUT2D eigenvalue weighted by molar-refractivity contribution is 5.73. The monoisotopic (exact) mass is 268 g/mol. The molecule has 106 valence electrons. The zero-order valence-corrected chi connectivity index (χ0v) is 11.1. The number of carboxylic acid groups (broad SMARTS) is 1. The zero-order valence-electron chi connectivity index (χ0n) is 11.1. The van der Waals surface area contributed by atoms with Crippen LogP contribution in [0, 0.1) is 0 Å². The van der Waals surface area contributed by atoms with Gasteiger partial charge in [0.15, 0.2) is 0 Å². The molecule has 7 nitrogen and oxygen atoms in total. The number of nitrogens with one attached hydrogen (secondary N) is 2. The Labute approximate surface area is 112 Å². The molecule has 1 aromatic heterocycles. The van der Waals surface area contributed by atoms with Crippen LogP contribution in [-0.2, 0) is 18.3 Å². The lowest BCUT2D eigenvalue weighted by Gasteiger charge is -2.06. The highest BCUT2D eigenvalue weighted by atomic mass is 16.4. The molecule has 0 radical (unpaired) electrons. The molecular weight excluding hydrogens is 248 g/mol. The van der Waals surface area contributed by atoms with Gasteiger partial charge in [-0.25, -0.2) is 4.79 Å². The van der Waals surface area contributed by atoms with Crippen molar-refractivity contribution in [2.24, 2.45) is 7.05 Å². The van der Waals surface area contributed by atoms with Crippen molar-refractivity contribution in [1.82, 2.24) is 20.4 Å². The van der Waals surface area contributed by atoms with Gasteiger partial charge in [0.25, 0.3) is 0 Å². The maximum Gasteiger partial charge on any atom is 0.314 e. The van der Waals surface area contributed by atoms with Crippen LogP contribution in [0.25, 0.3) is 0 Å². The summed E-state index contributed by atoms with van der Waals surface area (Å²) in [4.78, 5) is 21.6. The van der Waals surface area contributed by atoms with Crippen LogP contribution in [0.3, 0.4) is 0 Å². The SMILES string of the molecule is Cn1cc(CCNC(=O)NCCCCC(=O)O)cn1. The van der Waals surface area contributed by atoms with Crippen molar-refractivity contribution < 1.29 is 14.7 Å². The molecule has 0 spiro atoms. The number of urea groups is 1. The number of hydrogen-bond donors (Lipinski definition) is 3. The van der Waals surface area contributed by atoms with Crippen molar-refractivity contribution in [3.05, 3.63) is 18.0 Å². The second-order valence-electron chi connectivity index (χ2n) is 4.31. The fourth-order valence-electron chi connectivity index (χ4n) is 1.59. The Morgan fingerprint density at radius 2 is 2.05 bits per heavy atom. The van der Waals surface area contributed by atoms with Gasteiger partial charge in [0.1, 0.15) is 0 Å². The van der Waals surface area contributed by atoms with Crippen LogP contribution in [-0.4, -0.2) is 40.0 Å². The summed E-state index contributed by atoms with van der Waals surface area (Å²) in [6.45, 7) is 1.04. The summed E-state index contributed by atoms with van der Waals surface area (Å²) in [7, 11) is 1.85. The van der Waals surface area contributed by atoms with E-state index in [1.54, 1.807) is 10.9 Å². The molecule has 19 heavy (non-hydrogen) atoms. The molecule has 7 heteroatoms. The van der Waals surface area contributed by atoms with E-state index in [0.717, 1.165) is 12.0 Å². The number of rotatable bonds is 8. The minimum absolute atomic E-state index is 0.143. The largest absolute Gasteiger partial charge is 0.481 e. The third-order valence-corrected chi connectivity index (χ3v) is 2.56. The van der Waals surface area contributed by atoms with E-state index in [1.165, 1.54) is 0 Å². The first-order chi connectivity index (χ1) is 9.08. The third kappa shape index (κ3) is 7.07. The van der Waals surface area contributed by atoms with Crippen molar-refractivity contribution >= 4 is 12.0 Å². The zero-order chi connectivity index (χ0) is 14.1. The van der Waals surface area contributed by atoms with E-state index in [2.05, 4.69) is 15.7 Å². The number of unbranched alkanes of at least 4 members (excludes halogenated alkanes) is 1. The van der Waals surface area contributed by atoms with E-state index in [4.69, 9.17) is 5.11 Å². The number of amides is 2. The van der Waals surface area contributed by atoms with E-state index in [1.807, 2.05) is 13.2 Å². The molecule has 0 atom stereocenters. The van der Waals surface area contributed by atoms with Gasteiger partial charge in [-0.2, -0.15) is 5.10 Å². The van der Waals surface area contributed by atoms with Gasteiger partial charge in [0.2, 0.25) is 0 Å². The van der Waals surface area contributed by atoms with Crippen LogP contribution in [0.1, 0.15) is 24.8 Å². The molecule has 0 unspecified atom stereocenters. The molecule has 0 aliphatic heterocycles. The van der Waals surface area contributed by atoms with Crippen LogP contribution >= 0.6 is 0 Å². The van der Waals surface area contributed by atoms with E-state index >= 15 is 0 Å². The Hall–Kier alpha value is -2.05. The Balaban J connectivity index is 2.00. The first-order valence-electron chi connectivity index (χ1n) is 6.29. The lowest BCUT2D eigenvalue weighted by Crippen LogP contribution is -2.37. The second-order valence-corrected chi connectivity index (χ2v) is 4.31. The number of aryl methyl sites for hydroxylation is 1. The quantitative estimate of drug-likeness (QED) is 0.599. The van der Waals surface area contributed by atoms with Crippen LogP contribution < -0.4 is 10.6 Å². The first-order valence-corrected chi connectivity index (χ1v) is 6.29. The summed E-state index contributed by atoms with van der Waals surface area (Å²) in [6, 6.07) is -0.223. The fourth-order valence-corrected chi connectivity index (χ4v) is 1.59. The van der Waals surface area contributed by atoms with Crippen molar-refractivity contribution in [3.8, 4) is 0 Å². The van der Waals surface area contributed by atoms with Gasteiger partial charge < -0.3 is 15.7 Å². The summed E-state index contributed by atoms with van der Waals surface area (Å²) >= 11 is 0. The minimum Gasteiger partial charge on any atom is -0.481 e. The van der Waals surface area contributed by atoms with Gasteiger partial charge in [-0.1, -0.05) is 0 Å². The number of carbonyl (C=O) groups excluding carboxylic acids is 1. The summed E-state index contributed by atoms with van der Waals surface area (Å²) in [6.07, 6.45) is 5.80. The molecule has 0 bridgehead atoms. The minimum atomic E-state index is -0.805. The number of carbonyl (C=O) groups is 2. The number of nitrogens with zero attached hydrogens (tertiary/aromatic N) is 2. The van der Waals surface area contributed by atoms with Gasteiger partial charge in [0, 0.05) is 32.8 Å². The van der Waals surface area contributed by atoms with Crippen LogP contribution in [0.5, 0.6) is 0 Å². The molecule has 0 saturated heterocycles. The van der Waals surface area contributed by atoms with E-state index < -0.39 is 5.97 Å². The maximum absolute atomic E-state index is 11.4. The molecule has 1 rings (SSSR count). The van der Waals surface area contributed by atoms with Crippen LogP contribution in [0.4, 0.5) is 4.79 Å². The predicted molar refractivity (Wildman–Crippen MR) is 69.8 cm³/mol. The first kappa shape index (κ1) is 15.0. The van der Waals surface area contributed by atoms with Crippen molar-refractivity contribution in [2.45, 2.75) is 25.7 Å². The Bertz CT molecular complexity index is 417. The molecule has 1 aromatic rings. The summed E-state index contributed by atoms with van der Waals surface area (Å²) in [5.41, 5.74) is 1.07. The number of aromatic nitrogens is 2. The second kappa shape index (κ2) is 8.12. The van der Waals surface area contributed by atoms with Gasteiger partial charge >= 0.3 is 12.0 Å². The lowest BCUT2D eigenvalue weighted by atomic mass is 10.2. The molecule has 0 saturated carbocycles. The summed E-state index contributed by atoms with van der Waals surface area (Å²) < 4.78 is 1.72. The number of aliphatic carboxylic acids is 1. The molecule has 2 amide bonds. The van der Waals surface area contributed by atoms with Crippen molar-refractivity contribution in [3.63, 3.8) is 0 Å². The molecule has 1 heterocycles. The van der Waals surface area contributed by atoms with Gasteiger partial charge in [-0.15, -0.1) is 0 Å². The molecular formula is C12H20N4O3. The summed E-state index contributed by atoms with van der Waals surface area (Å²) in [5, 5.41) is 17.9. The van der Waals surface area contributed by atoms with E-state index in [9.17, 15) is 9.59 Å². The van der Waals surface area contributed by atoms with E-state index in [0.29, 0.717) is 25.9 Å². The van der Waals surface area contributed by atoms with Gasteiger partial charge in [-0.05, 0) is 24.8 Å². The summed E-state index contributed by atoms with van der Waals surface area (Å²) in [5.74, 6) is -0.805. The van der Waals surface area contributed by atoms with Crippen molar-refractivity contribution in [2.75, 3.05) is 13.1 Å². The molecule has 0 aromatic carbocycles. The van der Waals surface area contributed by atoms with Gasteiger partial charge in [-0.3, -0.25) is 9.48 Å². The number of carboxylic acids is 1. The standard InChI is InChI=1S/C12H20N4O3/c1-16-9-10(8-15-16)5-7-14-12(19)13-6-3-2-4-11(17)18/h8-9H,2-7H2,1H3,(H,17,18)(H2,13,14,19). The Morgan fingerprint density at radius 1 is 1.32 bits per heavy atom. The molecule has 0 aliphatic rings. The predicted octanol–water partition coefficient (Wildman–Crippen LogP) is 0.517. The molecule has 0 fully saturated rings.